The molecule has 0 bridgehead atoms. The summed E-state index contributed by atoms with van der Waals surface area (Å²) < 4.78 is 5.69. The van der Waals surface area contributed by atoms with Crippen LogP contribution in [0.2, 0.25) is 0 Å². The highest BCUT2D eigenvalue weighted by molar-refractivity contribution is 7.05. The predicted octanol–water partition coefficient (Wildman–Crippen LogP) is 0.856. The van der Waals surface area contributed by atoms with Crippen LogP contribution in [0.25, 0.3) is 0 Å². The number of nitrogens with zero attached hydrogens (tertiary/aromatic N) is 4. The lowest BCUT2D eigenvalue weighted by Gasteiger charge is -2.08. The number of aliphatic hydroxyl groups is 1. The van der Waals surface area contributed by atoms with Gasteiger partial charge in [0.15, 0.2) is 0 Å². The van der Waals surface area contributed by atoms with Crippen molar-refractivity contribution in [1.82, 2.24) is 19.1 Å². The molecule has 0 aliphatic carbocycles. The minimum Gasteiger partial charge on any atom is -0.387 e. The summed E-state index contributed by atoms with van der Waals surface area (Å²) in [5.41, 5.74) is 0.793. The highest BCUT2D eigenvalue weighted by Gasteiger charge is 2.16. The van der Waals surface area contributed by atoms with Gasteiger partial charge >= 0.3 is 0 Å². The molecule has 0 spiro atoms. The zero-order valence-electron chi connectivity index (χ0n) is 8.58. The Kier molecular flexibility index (Phi) is 2.79. The zero-order chi connectivity index (χ0) is 10.8. The molecule has 6 heteroatoms. The van der Waals surface area contributed by atoms with Gasteiger partial charge in [-0.1, -0.05) is 4.49 Å². The van der Waals surface area contributed by atoms with Crippen molar-refractivity contribution in [3.8, 4) is 0 Å². The summed E-state index contributed by atoms with van der Waals surface area (Å²) in [5, 5.41) is 13.8. The fourth-order valence-electron chi connectivity index (χ4n) is 1.40. The summed E-state index contributed by atoms with van der Waals surface area (Å²) >= 11 is 1.24. The molecule has 80 valence electrons. The molecule has 5 nitrogen and oxygen atoms in total. The molecule has 2 aromatic rings. The largest absolute Gasteiger partial charge is 0.387 e. The first-order valence-electron chi connectivity index (χ1n) is 4.61. The number of hydrogen-bond acceptors (Lipinski definition) is 5. The van der Waals surface area contributed by atoms with E-state index in [2.05, 4.69) is 14.6 Å². The first-order valence-corrected chi connectivity index (χ1v) is 5.39. The third kappa shape index (κ3) is 2.05. The van der Waals surface area contributed by atoms with E-state index in [0.717, 1.165) is 16.4 Å². The fraction of sp³-hybridized carbons (Fsp3) is 0.444. The average molecular weight is 224 g/mol. The first kappa shape index (κ1) is 10.3. The monoisotopic (exact) mass is 224 g/mol. The Morgan fingerprint density at radius 3 is 2.93 bits per heavy atom. The third-order valence-electron chi connectivity index (χ3n) is 2.29. The van der Waals surface area contributed by atoms with Crippen LogP contribution in [0.15, 0.2) is 12.4 Å². The van der Waals surface area contributed by atoms with Gasteiger partial charge in [-0.2, -0.15) is 0 Å². The number of imidazole rings is 1. The molecule has 1 N–H and O–H groups in total. The van der Waals surface area contributed by atoms with Gasteiger partial charge in [0, 0.05) is 25.9 Å². The number of hydrogen-bond donors (Lipinski definition) is 1. The Bertz CT molecular complexity index is 450. The van der Waals surface area contributed by atoms with Gasteiger partial charge in [0.05, 0.1) is 16.7 Å². The van der Waals surface area contributed by atoms with Gasteiger partial charge in [0.2, 0.25) is 0 Å². The van der Waals surface area contributed by atoms with Crippen molar-refractivity contribution in [3.05, 3.63) is 28.8 Å². The SMILES string of the molecule is Cc1nnsc1C(O)Cc1nccn1C. The van der Waals surface area contributed by atoms with Crippen LogP contribution >= 0.6 is 11.5 Å². The summed E-state index contributed by atoms with van der Waals surface area (Å²) in [4.78, 5) is 4.98. The summed E-state index contributed by atoms with van der Waals surface area (Å²) in [5.74, 6) is 0.857. The zero-order valence-corrected chi connectivity index (χ0v) is 9.40. The van der Waals surface area contributed by atoms with Crippen molar-refractivity contribution < 1.29 is 5.11 Å². The van der Waals surface area contributed by atoms with E-state index in [1.807, 2.05) is 24.7 Å². The van der Waals surface area contributed by atoms with Gasteiger partial charge in [-0.25, -0.2) is 4.98 Å². The van der Waals surface area contributed by atoms with Crippen LogP contribution in [-0.4, -0.2) is 24.2 Å². The van der Waals surface area contributed by atoms with Crippen molar-refractivity contribution >= 4 is 11.5 Å². The summed E-state index contributed by atoms with van der Waals surface area (Å²) in [6.07, 6.45) is 3.51. The number of aromatic nitrogens is 4. The molecule has 2 aromatic heterocycles. The lowest BCUT2D eigenvalue weighted by molar-refractivity contribution is 0.177. The van der Waals surface area contributed by atoms with Crippen LogP contribution in [0.5, 0.6) is 0 Å². The summed E-state index contributed by atoms with van der Waals surface area (Å²) in [6, 6.07) is 0. The minimum atomic E-state index is -0.564. The van der Waals surface area contributed by atoms with Gasteiger partial charge in [-0.3, -0.25) is 0 Å². The minimum absolute atomic E-state index is 0.494. The Morgan fingerprint density at radius 2 is 2.40 bits per heavy atom. The Morgan fingerprint density at radius 1 is 1.60 bits per heavy atom. The molecule has 0 aliphatic heterocycles. The van der Waals surface area contributed by atoms with Crippen molar-refractivity contribution in [2.75, 3.05) is 0 Å². The number of aryl methyl sites for hydroxylation is 2. The first-order chi connectivity index (χ1) is 7.18. The lowest BCUT2D eigenvalue weighted by Crippen LogP contribution is -2.06. The van der Waals surface area contributed by atoms with Crippen molar-refractivity contribution in [2.45, 2.75) is 19.4 Å². The van der Waals surface area contributed by atoms with E-state index in [1.54, 1.807) is 6.20 Å². The Labute approximate surface area is 91.6 Å². The quantitative estimate of drug-likeness (QED) is 0.839. The molecule has 0 radical (unpaired) electrons. The Balaban J connectivity index is 2.14. The second-order valence-corrected chi connectivity index (χ2v) is 4.18. The lowest BCUT2D eigenvalue weighted by atomic mass is 10.2. The molecule has 0 saturated heterocycles. The van der Waals surface area contributed by atoms with E-state index in [1.165, 1.54) is 11.5 Å². The summed E-state index contributed by atoms with van der Waals surface area (Å²) in [6.45, 7) is 1.85. The summed E-state index contributed by atoms with van der Waals surface area (Å²) in [7, 11) is 1.91. The molecule has 0 saturated carbocycles. The number of rotatable bonds is 3. The molecule has 2 heterocycles. The van der Waals surface area contributed by atoms with E-state index >= 15 is 0 Å². The third-order valence-corrected chi connectivity index (χ3v) is 3.21. The van der Waals surface area contributed by atoms with Crippen LogP contribution in [0, 0.1) is 6.92 Å². The smallest absolute Gasteiger partial charge is 0.111 e. The van der Waals surface area contributed by atoms with Gasteiger partial charge in [-0.15, -0.1) is 5.10 Å². The molecule has 15 heavy (non-hydrogen) atoms. The van der Waals surface area contributed by atoms with Crippen molar-refractivity contribution in [2.24, 2.45) is 7.05 Å². The van der Waals surface area contributed by atoms with Gasteiger partial charge in [-0.05, 0) is 18.5 Å². The van der Waals surface area contributed by atoms with Crippen molar-refractivity contribution in [3.63, 3.8) is 0 Å². The van der Waals surface area contributed by atoms with Crippen molar-refractivity contribution in [1.29, 1.82) is 0 Å². The topological polar surface area (TPSA) is 63.8 Å². The van der Waals surface area contributed by atoms with E-state index in [-0.39, 0.29) is 0 Å². The maximum Gasteiger partial charge on any atom is 0.111 e. The molecular formula is C9H12N4OS. The number of aliphatic hydroxyl groups excluding tert-OH is 1. The predicted molar refractivity (Wildman–Crippen MR) is 56.5 cm³/mol. The molecular weight excluding hydrogens is 212 g/mol. The Hall–Kier alpha value is -1.27. The highest BCUT2D eigenvalue weighted by Crippen LogP contribution is 2.22. The fourth-order valence-corrected chi connectivity index (χ4v) is 2.03. The normalized spacial score (nSPS) is 13.0. The molecule has 2 rings (SSSR count). The molecule has 0 aliphatic rings. The molecule has 0 aromatic carbocycles. The molecule has 0 amide bonds. The standard InChI is InChI=1S/C9H12N4OS/c1-6-9(15-12-11-6)7(14)5-8-10-3-4-13(8)2/h3-4,7,14H,5H2,1-2H3. The van der Waals surface area contributed by atoms with E-state index in [0.29, 0.717) is 6.42 Å². The van der Waals surface area contributed by atoms with E-state index in [4.69, 9.17) is 0 Å². The van der Waals surface area contributed by atoms with Crippen LogP contribution < -0.4 is 0 Å². The highest BCUT2D eigenvalue weighted by atomic mass is 32.1. The van der Waals surface area contributed by atoms with E-state index in [9.17, 15) is 5.11 Å². The van der Waals surface area contributed by atoms with Gasteiger partial charge in [0.25, 0.3) is 0 Å². The van der Waals surface area contributed by atoms with Crippen LogP contribution in [-0.2, 0) is 13.5 Å². The molecule has 1 unspecified atom stereocenters. The van der Waals surface area contributed by atoms with E-state index < -0.39 is 6.10 Å². The molecule has 0 fully saturated rings. The van der Waals surface area contributed by atoms with Gasteiger partial charge in [0.1, 0.15) is 5.82 Å². The molecule has 1 atom stereocenters. The maximum absolute atomic E-state index is 9.96. The average Bonchev–Trinajstić information content (AvgIpc) is 2.76. The van der Waals surface area contributed by atoms with Crippen LogP contribution in [0.4, 0.5) is 0 Å². The van der Waals surface area contributed by atoms with Gasteiger partial charge < -0.3 is 9.67 Å². The second kappa shape index (κ2) is 4.08. The van der Waals surface area contributed by atoms with Crippen LogP contribution in [0.1, 0.15) is 22.5 Å². The van der Waals surface area contributed by atoms with Crippen LogP contribution in [0.3, 0.4) is 0 Å². The second-order valence-electron chi connectivity index (χ2n) is 3.40. The maximum atomic E-state index is 9.96.